The van der Waals surface area contributed by atoms with E-state index in [0.29, 0.717) is 0 Å². The number of furan rings is 1. The zero-order valence-corrected chi connectivity index (χ0v) is 25.4. The number of nitrogens with zero attached hydrogens (tertiary/aromatic N) is 1. The Kier molecular flexibility index (Phi) is 5.61. The molecule has 2 heterocycles. The van der Waals surface area contributed by atoms with E-state index in [4.69, 9.17) is 9.40 Å². The monoisotopic (exact) mass is 597 g/mol. The summed E-state index contributed by atoms with van der Waals surface area (Å²) in [5.74, 6) is 0. The van der Waals surface area contributed by atoms with Gasteiger partial charge in [-0.3, -0.25) is 0 Å². The van der Waals surface area contributed by atoms with Gasteiger partial charge < -0.3 is 4.42 Å². The maximum absolute atomic E-state index is 6.36. The zero-order chi connectivity index (χ0) is 30.9. The van der Waals surface area contributed by atoms with Gasteiger partial charge in [0.1, 0.15) is 11.2 Å². The molecule has 10 aromatic rings. The maximum Gasteiger partial charge on any atom is 0.136 e. The lowest BCUT2D eigenvalue weighted by Gasteiger charge is -2.15. The van der Waals surface area contributed by atoms with E-state index in [-0.39, 0.29) is 0 Å². The largest absolute Gasteiger partial charge is 0.456 e. The van der Waals surface area contributed by atoms with Gasteiger partial charge in [0.25, 0.3) is 0 Å². The van der Waals surface area contributed by atoms with Crippen LogP contribution >= 0.6 is 0 Å². The first-order valence-corrected chi connectivity index (χ1v) is 16.1. The third-order valence-electron chi connectivity index (χ3n) is 9.65. The predicted octanol–water partition coefficient (Wildman–Crippen LogP) is 12.6. The van der Waals surface area contributed by atoms with Crippen LogP contribution in [-0.2, 0) is 0 Å². The Labute approximate surface area is 271 Å². The van der Waals surface area contributed by atoms with Crippen LogP contribution in [0.3, 0.4) is 0 Å². The number of aromatic nitrogens is 1. The molecule has 0 aliphatic heterocycles. The lowest BCUT2D eigenvalue weighted by molar-refractivity contribution is 0.669. The number of para-hydroxylation sites is 2. The summed E-state index contributed by atoms with van der Waals surface area (Å²) in [4.78, 5) is 5.45. The van der Waals surface area contributed by atoms with E-state index in [1.54, 1.807) is 0 Å². The summed E-state index contributed by atoms with van der Waals surface area (Å²) in [6, 6.07) is 58.4. The van der Waals surface area contributed by atoms with Gasteiger partial charge in [0.05, 0.1) is 11.2 Å². The van der Waals surface area contributed by atoms with Crippen LogP contribution in [0, 0.1) is 0 Å². The van der Waals surface area contributed by atoms with Gasteiger partial charge in [-0.15, -0.1) is 0 Å². The number of hydrogen-bond acceptors (Lipinski definition) is 2. The van der Waals surface area contributed by atoms with Crippen LogP contribution in [0.4, 0.5) is 0 Å². The van der Waals surface area contributed by atoms with E-state index < -0.39 is 0 Å². The van der Waals surface area contributed by atoms with Gasteiger partial charge in [-0.25, -0.2) is 4.98 Å². The highest BCUT2D eigenvalue weighted by Gasteiger charge is 2.19. The van der Waals surface area contributed by atoms with Gasteiger partial charge in [0, 0.05) is 38.1 Å². The van der Waals surface area contributed by atoms with Crippen molar-refractivity contribution in [1.82, 2.24) is 4.98 Å². The van der Waals surface area contributed by atoms with Gasteiger partial charge in [-0.1, -0.05) is 140 Å². The molecule has 0 atom stereocenters. The molecule has 2 heteroatoms. The number of benzene rings is 8. The molecule has 0 radical (unpaired) electrons. The van der Waals surface area contributed by atoms with Gasteiger partial charge in [0.2, 0.25) is 0 Å². The SMILES string of the molecule is c1ccc(-c2nc3c(-c4ccc(-c5cc6ccccc6c6ccccc56)cc4)cccc3c3c2ccc2oc4ccccc4c23)cc1. The number of hydrogen-bond donors (Lipinski definition) is 0. The Morgan fingerprint density at radius 2 is 1.02 bits per heavy atom. The van der Waals surface area contributed by atoms with Crippen LogP contribution in [0.5, 0.6) is 0 Å². The molecule has 2 nitrogen and oxygen atoms in total. The molecule has 0 unspecified atom stereocenters. The average molecular weight is 598 g/mol. The minimum atomic E-state index is 0.891. The van der Waals surface area contributed by atoms with Crippen molar-refractivity contribution < 1.29 is 4.42 Å². The van der Waals surface area contributed by atoms with E-state index in [1.807, 2.05) is 12.1 Å². The van der Waals surface area contributed by atoms with Crippen molar-refractivity contribution in [3.63, 3.8) is 0 Å². The summed E-state index contributed by atoms with van der Waals surface area (Å²) in [6.07, 6.45) is 0. The van der Waals surface area contributed by atoms with Crippen molar-refractivity contribution in [2.75, 3.05) is 0 Å². The minimum Gasteiger partial charge on any atom is -0.456 e. The Morgan fingerprint density at radius 1 is 0.362 bits per heavy atom. The lowest BCUT2D eigenvalue weighted by atomic mass is 9.91. The minimum absolute atomic E-state index is 0.891. The van der Waals surface area contributed by atoms with Gasteiger partial charge in [-0.05, 0) is 62.5 Å². The molecular formula is C45H27NO. The van der Waals surface area contributed by atoms with Gasteiger partial charge >= 0.3 is 0 Å². The fourth-order valence-corrected chi connectivity index (χ4v) is 7.50. The first kappa shape index (κ1) is 26.0. The Hall–Kier alpha value is -6.25. The average Bonchev–Trinajstić information content (AvgIpc) is 3.53. The van der Waals surface area contributed by atoms with E-state index in [0.717, 1.165) is 60.6 Å². The molecular weight excluding hydrogens is 571 g/mol. The predicted molar refractivity (Wildman–Crippen MR) is 198 cm³/mol. The van der Waals surface area contributed by atoms with Gasteiger partial charge in [0.15, 0.2) is 0 Å². The maximum atomic E-state index is 6.36. The molecule has 10 rings (SSSR count). The lowest BCUT2D eigenvalue weighted by Crippen LogP contribution is -1.93. The van der Waals surface area contributed by atoms with Crippen molar-refractivity contribution in [3.8, 4) is 33.5 Å². The van der Waals surface area contributed by atoms with E-state index in [2.05, 4.69) is 152 Å². The smallest absolute Gasteiger partial charge is 0.136 e. The Balaban J connectivity index is 1.23. The fraction of sp³-hybridized carbons (Fsp3) is 0. The van der Waals surface area contributed by atoms with Crippen molar-refractivity contribution in [3.05, 3.63) is 164 Å². The summed E-state index contributed by atoms with van der Waals surface area (Å²) in [7, 11) is 0. The Morgan fingerprint density at radius 3 is 1.85 bits per heavy atom. The number of fused-ring (bicyclic) bond motifs is 10. The molecule has 0 fully saturated rings. The van der Waals surface area contributed by atoms with Crippen LogP contribution < -0.4 is 0 Å². The number of rotatable bonds is 3. The summed E-state index contributed by atoms with van der Waals surface area (Å²) < 4.78 is 6.36. The first-order chi connectivity index (χ1) is 23.3. The standard InChI is InChI=1S/C45H27NO/c1-2-11-30(12-3-1)44-38-25-26-41-43(36-17-8-9-20-40(36)47-41)42(38)37-19-10-18-33(45(37)46-44)28-21-23-29(24-22-28)39-27-31-13-4-5-14-32(31)34-15-6-7-16-35(34)39/h1-27H. The first-order valence-electron chi connectivity index (χ1n) is 16.1. The summed E-state index contributed by atoms with van der Waals surface area (Å²) in [5.41, 5.74) is 9.55. The summed E-state index contributed by atoms with van der Waals surface area (Å²) in [5, 5.41) is 10.8. The molecule has 0 aliphatic rings. The summed E-state index contributed by atoms with van der Waals surface area (Å²) in [6.45, 7) is 0. The molecule has 0 amide bonds. The molecule has 218 valence electrons. The third kappa shape index (κ3) is 3.95. The molecule has 0 saturated carbocycles. The molecule has 0 bridgehead atoms. The molecule has 8 aromatic carbocycles. The quantitative estimate of drug-likeness (QED) is 0.189. The van der Waals surface area contributed by atoms with Crippen LogP contribution in [0.25, 0.3) is 98.7 Å². The summed E-state index contributed by atoms with van der Waals surface area (Å²) >= 11 is 0. The van der Waals surface area contributed by atoms with Crippen LogP contribution in [0.1, 0.15) is 0 Å². The molecule has 2 aromatic heterocycles. The van der Waals surface area contributed by atoms with Crippen LogP contribution in [0.15, 0.2) is 168 Å². The number of pyridine rings is 1. The second-order valence-electron chi connectivity index (χ2n) is 12.3. The zero-order valence-electron chi connectivity index (χ0n) is 25.4. The highest BCUT2D eigenvalue weighted by atomic mass is 16.3. The molecule has 0 aliphatic carbocycles. The topological polar surface area (TPSA) is 26.0 Å². The second-order valence-corrected chi connectivity index (χ2v) is 12.3. The van der Waals surface area contributed by atoms with Crippen molar-refractivity contribution in [2.45, 2.75) is 0 Å². The molecule has 47 heavy (non-hydrogen) atoms. The van der Waals surface area contributed by atoms with Crippen LogP contribution in [-0.4, -0.2) is 4.98 Å². The van der Waals surface area contributed by atoms with E-state index >= 15 is 0 Å². The van der Waals surface area contributed by atoms with Gasteiger partial charge in [-0.2, -0.15) is 0 Å². The van der Waals surface area contributed by atoms with E-state index in [1.165, 1.54) is 38.1 Å². The highest BCUT2D eigenvalue weighted by Crippen LogP contribution is 2.43. The fourth-order valence-electron chi connectivity index (χ4n) is 7.50. The third-order valence-corrected chi connectivity index (χ3v) is 9.65. The Bertz CT molecular complexity index is 2830. The van der Waals surface area contributed by atoms with E-state index in [9.17, 15) is 0 Å². The highest BCUT2D eigenvalue weighted by molar-refractivity contribution is 6.29. The van der Waals surface area contributed by atoms with Crippen LogP contribution in [0.2, 0.25) is 0 Å². The van der Waals surface area contributed by atoms with Crippen molar-refractivity contribution in [1.29, 1.82) is 0 Å². The molecule has 0 N–H and O–H groups in total. The second kappa shape index (κ2) is 10.1. The normalized spacial score (nSPS) is 11.8. The molecule has 0 saturated heterocycles. The molecule has 0 spiro atoms. The van der Waals surface area contributed by atoms with Crippen molar-refractivity contribution in [2.24, 2.45) is 0 Å². The van der Waals surface area contributed by atoms with Crippen molar-refractivity contribution >= 4 is 65.2 Å².